The normalized spacial score (nSPS) is 11.2. The number of likely N-dealkylation sites (N-methyl/N-ethyl adjacent to an activating group) is 1. The van der Waals surface area contributed by atoms with Crippen molar-refractivity contribution in [1.82, 2.24) is 19.5 Å². The van der Waals surface area contributed by atoms with Gasteiger partial charge < -0.3 is 9.47 Å². The van der Waals surface area contributed by atoms with Crippen LogP contribution in [0.15, 0.2) is 54.9 Å². The summed E-state index contributed by atoms with van der Waals surface area (Å²) in [4.78, 5) is 15.6. The van der Waals surface area contributed by atoms with E-state index < -0.39 is 0 Å². The minimum Gasteiger partial charge on any atom is -0.357 e. The van der Waals surface area contributed by atoms with Crippen LogP contribution in [0, 0.1) is 6.92 Å². The second-order valence-corrected chi connectivity index (χ2v) is 5.96. The van der Waals surface area contributed by atoms with E-state index in [-0.39, 0.29) is 0 Å². The van der Waals surface area contributed by atoms with Crippen LogP contribution in [0.3, 0.4) is 0 Å². The topological polar surface area (TPSA) is 46.8 Å². The Morgan fingerprint density at radius 3 is 2.83 bits per heavy atom. The summed E-state index contributed by atoms with van der Waals surface area (Å²) in [7, 11) is 2.07. The van der Waals surface area contributed by atoms with Crippen LogP contribution in [0.1, 0.15) is 5.82 Å². The third-order valence-corrected chi connectivity index (χ3v) is 4.28. The van der Waals surface area contributed by atoms with Gasteiger partial charge in [-0.05, 0) is 36.6 Å². The fourth-order valence-electron chi connectivity index (χ4n) is 3.04. The van der Waals surface area contributed by atoms with Gasteiger partial charge >= 0.3 is 0 Å². The van der Waals surface area contributed by atoms with Gasteiger partial charge in [0.2, 0.25) is 0 Å². The van der Waals surface area contributed by atoms with Crippen molar-refractivity contribution in [2.75, 3.05) is 18.5 Å². The van der Waals surface area contributed by atoms with Crippen LogP contribution in [0.5, 0.6) is 0 Å². The van der Waals surface area contributed by atoms with Crippen molar-refractivity contribution < 1.29 is 0 Å². The number of hydrogen-bond donors (Lipinski definition) is 0. The first-order valence-corrected chi connectivity index (χ1v) is 8.07. The summed E-state index contributed by atoms with van der Waals surface area (Å²) in [6, 6.07) is 14.6. The zero-order chi connectivity index (χ0) is 16.5. The second-order valence-electron chi connectivity index (χ2n) is 5.96. The van der Waals surface area contributed by atoms with Gasteiger partial charge in [-0.2, -0.15) is 0 Å². The summed E-state index contributed by atoms with van der Waals surface area (Å²) in [5.41, 5.74) is 2.01. The molecule has 5 nitrogen and oxygen atoms in total. The number of para-hydroxylation sites is 1. The van der Waals surface area contributed by atoms with E-state index in [1.54, 1.807) is 6.20 Å². The third-order valence-electron chi connectivity index (χ3n) is 4.28. The molecular weight excluding hydrogens is 298 g/mol. The largest absolute Gasteiger partial charge is 0.357 e. The predicted molar refractivity (Wildman–Crippen MR) is 97.3 cm³/mol. The maximum atomic E-state index is 4.63. The molecule has 3 aromatic heterocycles. The number of nitrogens with zero attached hydrogens (tertiary/aromatic N) is 5. The van der Waals surface area contributed by atoms with Crippen LogP contribution in [-0.4, -0.2) is 33.1 Å². The lowest BCUT2D eigenvalue weighted by atomic mass is 10.2. The molecule has 0 fully saturated rings. The maximum Gasteiger partial charge on any atom is 0.164 e. The van der Waals surface area contributed by atoms with E-state index in [1.807, 2.05) is 19.1 Å². The lowest BCUT2D eigenvalue weighted by Gasteiger charge is -2.20. The first kappa shape index (κ1) is 14.6. The Kier molecular flexibility index (Phi) is 3.61. The molecule has 0 unspecified atom stereocenters. The van der Waals surface area contributed by atoms with Crippen LogP contribution >= 0.6 is 0 Å². The molecule has 0 aliphatic carbocycles. The van der Waals surface area contributed by atoms with Gasteiger partial charge in [0.1, 0.15) is 11.6 Å². The zero-order valence-electron chi connectivity index (χ0n) is 13.8. The molecule has 0 amide bonds. The number of hydrogen-bond acceptors (Lipinski definition) is 4. The molecule has 0 radical (unpaired) electrons. The lowest BCUT2D eigenvalue weighted by molar-refractivity contribution is 0.702. The highest BCUT2D eigenvalue weighted by Gasteiger charge is 2.11. The molecule has 1 aromatic carbocycles. The van der Waals surface area contributed by atoms with Gasteiger partial charge in [0.05, 0.1) is 5.39 Å². The van der Waals surface area contributed by atoms with E-state index in [4.69, 9.17) is 0 Å². The summed E-state index contributed by atoms with van der Waals surface area (Å²) >= 11 is 0. The Labute approximate surface area is 140 Å². The van der Waals surface area contributed by atoms with Crippen molar-refractivity contribution in [3.8, 4) is 0 Å². The number of pyridine rings is 1. The van der Waals surface area contributed by atoms with Crippen molar-refractivity contribution in [2.24, 2.45) is 0 Å². The summed E-state index contributed by atoms with van der Waals surface area (Å²) in [6.45, 7) is 3.67. The first-order valence-electron chi connectivity index (χ1n) is 8.07. The van der Waals surface area contributed by atoms with Gasteiger partial charge in [0, 0.05) is 38.0 Å². The van der Waals surface area contributed by atoms with Gasteiger partial charge in [-0.25, -0.2) is 15.0 Å². The van der Waals surface area contributed by atoms with E-state index in [9.17, 15) is 0 Å². The van der Waals surface area contributed by atoms with Crippen LogP contribution in [-0.2, 0) is 6.54 Å². The molecule has 0 bridgehead atoms. The Balaban J connectivity index is 1.62. The summed E-state index contributed by atoms with van der Waals surface area (Å²) in [5.74, 6) is 1.68. The number of aryl methyl sites for hydroxylation is 1. The van der Waals surface area contributed by atoms with Gasteiger partial charge in [-0.1, -0.05) is 18.2 Å². The van der Waals surface area contributed by atoms with E-state index in [0.29, 0.717) is 0 Å². The van der Waals surface area contributed by atoms with Crippen LogP contribution in [0.2, 0.25) is 0 Å². The minimum atomic E-state index is 0.745. The van der Waals surface area contributed by atoms with Gasteiger partial charge in [0.25, 0.3) is 0 Å². The van der Waals surface area contributed by atoms with Crippen LogP contribution in [0.4, 0.5) is 5.82 Å². The molecular formula is C19H19N5. The minimum absolute atomic E-state index is 0.745. The molecule has 0 aliphatic heterocycles. The molecule has 0 spiro atoms. The van der Waals surface area contributed by atoms with Gasteiger partial charge in [0.15, 0.2) is 5.65 Å². The average Bonchev–Trinajstić information content (AvgIpc) is 3.02. The highest BCUT2D eigenvalue weighted by Crippen LogP contribution is 2.22. The third kappa shape index (κ3) is 2.58. The Bertz CT molecular complexity index is 1000. The standard InChI is InChI=1S/C19H19N5/c1-14-21-18-16(7-5-10-20-18)19(22-14)23(2)12-13-24-11-9-15-6-3-4-8-17(15)24/h3-11H,12-13H2,1-2H3. The Morgan fingerprint density at radius 1 is 1.04 bits per heavy atom. The van der Waals surface area contributed by atoms with Crippen molar-refractivity contribution in [2.45, 2.75) is 13.5 Å². The molecule has 4 rings (SSSR count). The van der Waals surface area contributed by atoms with Crippen LogP contribution < -0.4 is 4.90 Å². The Morgan fingerprint density at radius 2 is 1.92 bits per heavy atom. The summed E-state index contributed by atoms with van der Waals surface area (Å²) in [5, 5.41) is 2.26. The number of benzene rings is 1. The fraction of sp³-hybridized carbons (Fsp3) is 0.211. The maximum absolute atomic E-state index is 4.63. The van der Waals surface area contributed by atoms with E-state index in [1.165, 1.54) is 10.9 Å². The molecule has 24 heavy (non-hydrogen) atoms. The zero-order valence-corrected chi connectivity index (χ0v) is 13.8. The van der Waals surface area contributed by atoms with Crippen molar-refractivity contribution in [3.05, 3.63) is 60.7 Å². The molecule has 0 N–H and O–H groups in total. The molecule has 5 heteroatoms. The average molecular weight is 317 g/mol. The molecule has 3 heterocycles. The molecule has 0 aliphatic rings. The number of rotatable bonds is 4. The number of fused-ring (bicyclic) bond motifs is 2. The second kappa shape index (κ2) is 5.92. The van der Waals surface area contributed by atoms with Crippen LogP contribution in [0.25, 0.3) is 21.9 Å². The molecule has 120 valence electrons. The van der Waals surface area contributed by atoms with Crippen molar-refractivity contribution in [1.29, 1.82) is 0 Å². The number of anilines is 1. The Hall–Kier alpha value is -2.95. The molecule has 0 atom stereocenters. The van der Waals surface area contributed by atoms with E-state index >= 15 is 0 Å². The molecule has 0 saturated heterocycles. The lowest BCUT2D eigenvalue weighted by Crippen LogP contribution is -2.24. The summed E-state index contributed by atoms with van der Waals surface area (Å²) < 4.78 is 2.28. The van der Waals surface area contributed by atoms with Crippen molar-refractivity contribution >= 4 is 27.8 Å². The van der Waals surface area contributed by atoms with E-state index in [0.717, 1.165) is 35.8 Å². The summed E-state index contributed by atoms with van der Waals surface area (Å²) in [6.07, 6.45) is 3.91. The van der Waals surface area contributed by atoms with Gasteiger partial charge in [-0.3, -0.25) is 0 Å². The monoisotopic (exact) mass is 317 g/mol. The van der Waals surface area contributed by atoms with Crippen molar-refractivity contribution in [3.63, 3.8) is 0 Å². The SMILES string of the molecule is Cc1nc(N(C)CCn2ccc3ccccc32)c2cccnc2n1. The smallest absolute Gasteiger partial charge is 0.164 e. The molecule has 0 saturated carbocycles. The first-order chi connectivity index (χ1) is 11.7. The van der Waals surface area contributed by atoms with Gasteiger partial charge in [-0.15, -0.1) is 0 Å². The molecule has 4 aromatic rings. The fourth-order valence-corrected chi connectivity index (χ4v) is 3.04. The quantitative estimate of drug-likeness (QED) is 0.578. The highest BCUT2D eigenvalue weighted by molar-refractivity contribution is 5.86. The van der Waals surface area contributed by atoms with E-state index in [2.05, 4.69) is 68.0 Å². The number of aromatic nitrogens is 4. The predicted octanol–water partition coefficient (Wildman–Crippen LogP) is 3.42. The highest BCUT2D eigenvalue weighted by atomic mass is 15.2.